The Morgan fingerprint density at radius 2 is 0.872 bits per heavy atom. The van der Waals surface area contributed by atoms with E-state index in [2.05, 4.69) is 180 Å². The number of para-hydroxylation sites is 3. The van der Waals surface area contributed by atoms with Gasteiger partial charge in [-0.05, 0) is 136 Å². The summed E-state index contributed by atoms with van der Waals surface area (Å²) in [5.74, 6) is 0. The Balaban J connectivity index is 1.07. The molecule has 0 fully saturated rings. The van der Waals surface area contributed by atoms with Gasteiger partial charge in [-0.3, -0.25) is 0 Å². The van der Waals surface area contributed by atoms with Gasteiger partial charge in [0.05, 0.1) is 11.0 Å². The van der Waals surface area contributed by atoms with Crippen LogP contribution in [-0.4, -0.2) is 4.57 Å². The average molecular weight is 599 g/mol. The highest BCUT2D eigenvalue weighted by Crippen LogP contribution is 2.51. The van der Waals surface area contributed by atoms with Crippen LogP contribution in [0.4, 0.5) is 17.1 Å². The Morgan fingerprint density at radius 1 is 0.383 bits per heavy atom. The molecule has 47 heavy (non-hydrogen) atoms. The predicted octanol–water partition coefficient (Wildman–Crippen LogP) is 12.5. The Labute approximate surface area is 273 Å². The third-order valence-electron chi connectivity index (χ3n) is 9.90. The lowest BCUT2D eigenvalue weighted by molar-refractivity contribution is 1.19. The van der Waals surface area contributed by atoms with Crippen molar-refractivity contribution >= 4 is 60.4 Å². The Hall–Kier alpha value is -6.12. The SMILES string of the molecule is Cc1ccc(N(c2ccccc2)c2ccc3cc4c(cc3c2)-c2cc3ccc(-n5c6ccccc6c6ccccc65)cc3cc2-4)cc1. The van der Waals surface area contributed by atoms with Gasteiger partial charge in [0.1, 0.15) is 0 Å². The van der Waals surface area contributed by atoms with Crippen molar-refractivity contribution in [3.05, 3.63) is 169 Å². The van der Waals surface area contributed by atoms with Gasteiger partial charge in [-0.1, -0.05) is 84.4 Å². The molecule has 2 heteroatoms. The van der Waals surface area contributed by atoms with Crippen molar-refractivity contribution in [2.24, 2.45) is 0 Å². The minimum Gasteiger partial charge on any atom is -0.310 e. The summed E-state index contributed by atoms with van der Waals surface area (Å²) in [6.07, 6.45) is 0. The first-order valence-corrected chi connectivity index (χ1v) is 16.3. The van der Waals surface area contributed by atoms with E-state index in [1.54, 1.807) is 0 Å². The van der Waals surface area contributed by atoms with Crippen molar-refractivity contribution in [2.75, 3.05) is 4.90 Å². The van der Waals surface area contributed by atoms with Gasteiger partial charge < -0.3 is 9.47 Å². The molecule has 0 saturated heterocycles. The molecule has 1 heterocycles. The fraction of sp³-hybridized carbons (Fsp3) is 0.0222. The van der Waals surface area contributed by atoms with Crippen molar-refractivity contribution < 1.29 is 0 Å². The first kappa shape index (κ1) is 26.1. The minimum absolute atomic E-state index is 1.15. The smallest absolute Gasteiger partial charge is 0.0541 e. The molecule has 0 radical (unpaired) electrons. The van der Waals surface area contributed by atoms with Gasteiger partial charge in [-0.15, -0.1) is 0 Å². The summed E-state index contributed by atoms with van der Waals surface area (Å²) in [5, 5.41) is 7.62. The van der Waals surface area contributed by atoms with E-state index in [1.165, 1.54) is 76.9 Å². The van der Waals surface area contributed by atoms with E-state index in [0.717, 1.165) is 17.1 Å². The predicted molar refractivity (Wildman–Crippen MR) is 200 cm³/mol. The van der Waals surface area contributed by atoms with Crippen LogP contribution in [0.15, 0.2) is 164 Å². The first-order chi connectivity index (χ1) is 23.2. The third-order valence-corrected chi connectivity index (χ3v) is 9.90. The topological polar surface area (TPSA) is 8.17 Å². The normalized spacial score (nSPS) is 11.9. The molecule has 1 aliphatic carbocycles. The second kappa shape index (κ2) is 9.94. The number of rotatable bonds is 4. The molecular weight excluding hydrogens is 569 g/mol. The highest BCUT2D eigenvalue weighted by atomic mass is 15.1. The molecule has 0 N–H and O–H groups in total. The molecule has 0 amide bonds. The molecule has 1 aromatic heterocycles. The fourth-order valence-electron chi connectivity index (χ4n) is 7.60. The van der Waals surface area contributed by atoms with Crippen LogP contribution in [0.5, 0.6) is 0 Å². The van der Waals surface area contributed by atoms with Gasteiger partial charge >= 0.3 is 0 Å². The zero-order valence-corrected chi connectivity index (χ0v) is 26.0. The van der Waals surface area contributed by atoms with E-state index in [0.29, 0.717) is 0 Å². The average Bonchev–Trinajstić information content (AvgIpc) is 3.46. The number of hydrogen-bond acceptors (Lipinski definition) is 1. The van der Waals surface area contributed by atoms with Gasteiger partial charge in [-0.25, -0.2) is 0 Å². The number of hydrogen-bond donors (Lipinski definition) is 0. The molecule has 9 aromatic rings. The van der Waals surface area contributed by atoms with Crippen molar-refractivity contribution in [2.45, 2.75) is 6.92 Å². The summed E-state index contributed by atoms with van der Waals surface area (Å²) >= 11 is 0. The third kappa shape index (κ3) is 3.98. The lowest BCUT2D eigenvalue weighted by Gasteiger charge is -2.28. The molecule has 1 aliphatic rings. The molecule has 0 aliphatic heterocycles. The van der Waals surface area contributed by atoms with Crippen molar-refractivity contribution in [1.29, 1.82) is 0 Å². The summed E-state index contributed by atoms with van der Waals surface area (Å²) < 4.78 is 2.40. The van der Waals surface area contributed by atoms with E-state index < -0.39 is 0 Å². The number of fused-ring (bicyclic) bond motifs is 9. The minimum atomic E-state index is 1.15. The van der Waals surface area contributed by atoms with E-state index in [-0.39, 0.29) is 0 Å². The van der Waals surface area contributed by atoms with E-state index in [9.17, 15) is 0 Å². The first-order valence-electron chi connectivity index (χ1n) is 16.3. The number of aromatic nitrogens is 1. The van der Waals surface area contributed by atoms with Gasteiger partial charge in [0.2, 0.25) is 0 Å². The molecule has 0 unspecified atom stereocenters. The Morgan fingerprint density at radius 3 is 1.51 bits per heavy atom. The summed E-state index contributed by atoms with van der Waals surface area (Å²) in [6, 6.07) is 60.1. The molecule has 0 spiro atoms. The zero-order chi connectivity index (χ0) is 31.1. The molecule has 0 atom stereocenters. The summed E-state index contributed by atoms with van der Waals surface area (Å²) in [4.78, 5) is 2.34. The zero-order valence-electron chi connectivity index (χ0n) is 26.0. The maximum Gasteiger partial charge on any atom is 0.0541 e. The van der Waals surface area contributed by atoms with Crippen molar-refractivity contribution in [1.82, 2.24) is 4.57 Å². The number of nitrogens with zero attached hydrogens (tertiary/aromatic N) is 2. The van der Waals surface area contributed by atoms with Crippen LogP contribution in [0.25, 0.3) is 71.3 Å². The van der Waals surface area contributed by atoms with Crippen LogP contribution in [0, 0.1) is 6.92 Å². The summed E-state index contributed by atoms with van der Waals surface area (Å²) in [7, 11) is 0. The fourth-order valence-corrected chi connectivity index (χ4v) is 7.60. The lowest BCUT2D eigenvalue weighted by atomic mass is 9.78. The van der Waals surface area contributed by atoms with Gasteiger partial charge in [0, 0.05) is 33.5 Å². The molecule has 0 saturated carbocycles. The Bertz CT molecular complexity index is 2630. The molecular formula is C45H30N2. The number of benzene rings is 8. The van der Waals surface area contributed by atoms with Crippen molar-refractivity contribution in [3.63, 3.8) is 0 Å². The van der Waals surface area contributed by atoms with E-state index in [4.69, 9.17) is 0 Å². The van der Waals surface area contributed by atoms with E-state index >= 15 is 0 Å². The maximum atomic E-state index is 2.40. The molecule has 0 bridgehead atoms. The van der Waals surface area contributed by atoms with Crippen molar-refractivity contribution in [3.8, 4) is 27.9 Å². The van der Waals surface area contributed by atoms with Crippen LogP contribution >= 0.6 is 0 Å². The molecule has 2 nitrogen and oxygen atoms in total. The monoisotopic (exact) mass is 598 g/mol. The standard InChI is InChI=1S/C45H30N2/c1-29-15-19-35(20-16-29)46(34-9-3-2-4-10-34)36-21-17-30-25-40-42(27-32(30)23-36)41-26-31-18-22-37(24-33(31)28-43(40)41)47-44-13-7-5-11-38(44)39-12-6-8-14-45(39)47/h2-28H,1H3. The summed E-state index contributed by atoms with van der Waals surface area (Å²) in [6.45, 7) is 2.13. The van der Waals surface area contributed by atoms with E-state index in [1.807, 2.05) is 0 Å². The van der Waals surface area contributed by atoms with Gasteiger partial charge in [0.25, 0.3) is 0 Å². The van der Waals surface area contributed by atoms with Gasteiger partial charge in [-0.2, -0.15) is 0 Å². The molecule has 8 aromatic carbocycles. The largest absolute Gasteiger partial charge is 0.310 e. The number of aryl methyl sites for hydroxylation is 1. The summed E-state index contributed by atoms with van der Waals surface area (Å²) in [5.41, 5.74) is 13.7. The molecule has 10 rings (SSSR count). The maximum absolute atomic E-state index is 2.40. The highest BCUT2D eigenvalue weighted by Gasteiger charge is 2.24. The number of anilines is 3. The van der Waals surface area contributed by atoms with Crippen LogP contribution in [0.1, 0.15) is 5.56 Å². The van der Waals surface area contributed by atoms with Crippen LogP contribution < -0.4 is 4.90 Å². The van der Waals surface area contributed by atoms with Crippen LogP contribution in [-0.2, 0) is 0 Å². The molecule has 220 valence electrons. The lowest BCUT2D eigenvalue weighted by Crippen LogP contribution is -2.09. The second-order valence-electron chi connectivity index (χ2n) is 12.7. The highest BCUT2D eigenvalue weighted by molar-refractivity contribution is 6.13. The van der Waals surface area contributed by atoms with Crippen LogP contribution in [0.3, 0.4) is 0 Å². The quantitative estimate of drug-likeness (QED) is 0.196. The Kier molecular flexibility index (Phi) is 5.53. The van der Waals surface area contributed by atoms with Crippen LogP contribution in [0.2, 0.25) is 0 Å². The second-order valence-corrected chi connectivity index (χ2v) is 12.7. The van der Waals surface area contributed by atoms with Gasteiger partial charge in [0.15, 0.2) is 0 Å².